The summed E-state index contributed by atoms with van der Waals surface area (Å²) in [6.45, 7) is 1.54. The van der Waals surface area contributed by atoms with Gasteiger partial charge in [0.1, 0.15) is 5.75 Å². The summed E-state index contributed by atoms with van der Waals surface area (Å²) in [7, 11) is 0. The minimum Gasteiger partial charge on any atom is -0.481 e. The van der Waals surface area contributed by atoms with Gasteiger partial charge in [-0.05, 0) is 37.3 Å². The number of ether oxygens (including phenoxy) is 1. The first kappa shape index (κ1) is 17.6. The van der Waals surface area contributed by atoms with Crippen molar-refractivity contribution in [1.29, 1.82) is 5.26 Å². The van der Waals surface area contributed by atoms with Crippen molar-refractivity contribution in [2.24, 2.45) is 5.10 Å². The first-order valence-electron chi connectivity index (χ1n) is 7.24. The van der Waals surface area contributed by atoms with Crippen LogP contribution in [0, 0.1) is 21.4 Å². The van der Waals surface area contributed by atoms with Crippen LogP contribution in [0.1, 0.15) is 18.1 Å². The fourth-order valence-corrected chi connectivity index (χ4v) is 1.88. The summed E-state index contributed by atoms with van der Waals surface area (Å²) in [4.78, 5) is 22.3. The van der Waals surface area contributed by atoms with Crippen LogP contribution in [-0.4, -0.2) is 23.1 Å². The highest BCUT2D eigenvalue weighted by molar-refractivity contribution is 5.87. The third-order valence-corrected chi connectivity index (χ3v) is 3.18. The van der Waals surface area contributed by atoms with E-state index in [0.717, 1.165) is 0 Å². The highest BCUT2D eigenvalue weighted by Gasteiger charge is 2.14. The minimum absolute atomic E-state index is 0.109. The molecule has 25 heavy (non-hydrogen) atoms. The normalized spacial score (nSPS) is 11.5. The molecule has 0 aliphatic carbocycles. The Balaban J connectivity index is 1.95. The third-order valence-electron chi connectivity index (χ3n) is 3.18. The first-order chi connectivity index (χ1) is 12.0. The lowest BCUT2D eigenvalue weighted by atomic mass is 10.2. The lowest BCUT2D eigenvalue weighted by molar-refractivity contribution is -0.385. The molecular formula is C17H14N4O4. The first-order valence-corrected chi connectivity index (χ1v) is 7.24. The Morgan fingerprint density at radius 2 is 2.00 bits per heavy atom. The van der Waals surface area contributed by atoms with E-state index in [1.54, 1.807) is 36.4 Å². The molecule has 8 heteroatoms. The fourth-order valence-electron chi connectivity index (χ4n) is 1.88. The van der Waals surface area contributed by atoms with Gasteiger partial charge in [0.05, 0.1) is 28.3 Å². The second-order valence-electron chi connectivity index (χ2n) is 4.95. The van der Waals surface area contributed by atoms with E-state index in [1.165, 1.54) is 25.3 Å². The van der Waals surface area contributed by atoms with Gasteiger partial charge < -0.3 is 4.74 Å². The average molecular weight is 338 g/mol. The molecule has 0 saturated heterocycles. The van der Waals surface area contributed by atoms with Crippen molar-refractivity contribution in [1.82, 2.24) is 5.43 Å². The Morgan fingerprint density at radius 1 is 1.32 bits per heavy atom. The number of nitro groups is 1. The second-order valence-corrected chi connectivity index (χ2v) is 4.95. The summed E-state index contributed by atoms with van der Waals surface area (Å²) < 4.78 is 5.44. The van der Waals surface area contributed by atoms with Crippen LogP contribution in [-0.2, 0) is 4.79 Å². The van der Waals surface area contributed by atoms with Gasteiger partial charge in [-0.2, -0.15) is 10.4 Å². The van der Waals surface area contributed by atoms with Crippen LogP contribution in [0.5, 0.6) is 5.75 Å². The van der Waals surface area contributed by atoms with Crippen LogP contribution >= 0.6 is 0 Å². The third kappa shape index (κ3) is 4.87. The van der Waals surface area contributed by atoms with Gasteiger partial charge in [0, 0.05) is 6.07 Å². The van der Waals surface area contributed by atoms with Gasteiger partial charge in [-0.3, -0.25) is 14.9 Å². The maximum atomic E-state index is 11.9. The molecule has 0 bridgehead atoms. The molecule has 0 aliphatic heterocycles. The quantitative estimate of drug-likeness (QED) is 0.493. The van der Waals surface area contributed by atoms with Gasteiger partial charge in [0.25, 0.3) is 11.6 Å². The van der Waals surface area contributed by atoms with Crippen molar-refractivity contribution < 1.29 is 14.5 Å². The van der Waals surface area contributed by atoms with Gasteiger partial charge in [-0.1, -0.05) is 12.1 Å². The highest BCUT2D eigenvalue weighted by Crippen LogP contribution is 2.15. The summed E-state index contributed by atoms with van der Waals surface area (Å²) in [5.41, 5.74) is 2.92. The van der Waals surface area contributed by atoms with E-state index in [4.69, 9.17) is 10.00 Å². The molecule has 126 valence electrons. The van der Waals surface area contributed by atoms with Crippen LogP contribution in [0.2, 0.25) is 0 Å². The molecule has 2 rings (SSSR count). The Kier molecular flexibility index (Phi) is 5.79. The van der Waals surface area contributed by atoms with Crippen LogP contribution in [0.15, 0.2) is 53.6 Å². The highest BCUT2D eigenvalue weighted by atomic mass is 16.6. The largest absolute Gasteiger partial charge is 0.481 e. The Labute approximate surface area is 143 Å². The molecule has 0 unspecified atom stereocenters. The van der Waals surface area contributed by atoms with E-state index in [1.807, 2.05) is 6.07 Å². The molecule has 1 atom stereocenters. The van der Waals surface area contributed by atoms with E-state index in [0.29, 0.717) is 11.3 Å². The van der Waals surface area contributed by atoms with E-state index in [-0.39, 0.29) is 11.3 Å². The predicted molar refractivity (Wildman–Crippen MR) is 90.1 cm³/mol. The minimum atomic E-state index is -0.837. The molecule has 0 heterocycles. The monoisotopic (exact) mass is 338 g/mol. The van der Waals surface area contributed by atoms with Gasteiger partial charge in [0.15, 0.2) is 6.10 Å². The van der Waals surface area contributed by atoms with E-state index in [9.17, 15) is 14.9 Å². The molecule has 0 aromatic heterocycles. The summed E-state index contributed by atoms with van der Waals surface area (Å²) in [5.74, 6) is -0.0801. The fraction of sp³-hybridized carbons (Fsp3) is 0.118. The Morgan fingerprint density at radius 3 is 2.64 bits per heavy atom. The number of hydrogen-bond donors (Lipinski definition) is 1. The van der Waals surface area contributed by atoms with Crippen molar-refractivity contribution in [3.63, 3.8) is 0 Å². The van der Waals surface area contributed by atoms with Gasteiger partial charge in [0.2, 0.25) is 0 Å². The van der Waals surface area contributed by atoms with Crippen molar-refractivity contribution in [3.8, 4) is 11.8 Å². The van der Waals surface area contributed by atoms with Gasteiger partial charge >= 0.3 is 0 Å². The molecule has 1 N–H and O–H groups in total. The lowest BCUT2D eigenvalue weighted by Gasteiger charge is -2.12. The number of nitro benzene ring substituents is 1. The number of amides is 1. The number of benzene rings is 2. The summed E-state index contributed by atoms with van der Waals surface area (Å²) in [6, 6.07) is 14.3. The molecule has 0 aliphatic rings. The molecule has 2 aromatic carbocycles. The van der Waals surface area contributed by atoms with Gasteiger partial charge in [-0.15, -0.1) is 0 Å². The molecule has 0 fully saturated rings. The zero-order chi connectivity index (χ0) is 18.2. The average Bonchev–Trinajstić information content (AvgIpc) is 2.62. The predicted octanol–water partition coefficient (Wildman–Crippen LogP) is 2.38. The Bertz CT molecular complexity index is 840. The van der Waals surface area contributed by atoms with E-state index >= 15 is 0 Å². The zero-order valence-electron chi connectivity index (χ0n) is 13.2. The molecule has 0 spiro atoms. The zero-order valence-corrected chi connectivity index (χ0v) is 13.2. The molecule has 0 saturated carbocycles. The summed E-state index contributed by atoms with van der Waals surface area (Å²) in [6.07, 6.45) is 0.362. The van der Waals surface area contributed by atoms with Gasteiger partial charge in [-0.25, -0.2) is 5.43 Å². The number of nitrogens with zero attached hydrogens (tertiary/aromatic N) is 3. The van der Waals surface area contributed by atoms with Crippen LogP contribution < -0.4 is 10.2 Å². The molecule has 2 aromatic rings. The summed E-state index contributed by atoms with van der Waals surface area (Å²) >= 11 is 0. The van der Waals surface area contributed by atoms with Crippen molar-refractivity contribution in [3.05, 3.63) is 69.8 Å². The Hall–Kier alpha value is -3.73. The maximum Gasteiger partial charge on any atom is 0.280 e. The number of rotatable bonds is 6. The smallest absolute Gasteiger partial charge is 0.280 e. The lowest BCUT2D eigenvalue weighted by Crippen LogP contribution is -2.33. The van der Waals surface area contributed by atoms with Crippen LogP contribution in [0.25, 0.3) is 0 Å². The van der Waals surface area contributed by atoms with E-state index in [2.05, 4.69) is 10.5 Å². The number of nitrogens with one attached hydrogen (secondary N) is 1. The maximum absolute atomic E-state index is 11.9. The molecule has 0 radical (unpaired) electrons. The van der Waals surface area contributed by atoms with Crippen molar-refractivity contribution >= 4 is 17.8 Å². The number of carbonyl (C=O) groups is 1. The second kappa shape index (κ2) is 8.21. The van der Waals surface area contributed by atoms with Crippen molar-refractivity contribution in [2.75, 3.05) is 0 Å². The summed E-state index contributed by atoms with van der Waals surface area (Å²) in [5, 5.41) is 23.3. The topological polar surface area (TPSA) is 118 Å². The van der Waals surface area contributed by atoms with E-state index < -0.39 is 16.9 Å². The number of nitriles is 1. The van der Waals surface area contributed by atoms with Crippen molar-refractivity contribution in [2.45, 2.75) is 13.0 Å². The standard InChI is InChI=1S/C17H14N4O4/c1-12(25-15-8-6-13(10-18)7-9-15)17(22)20-19-11-14-4-2-3-5-16(14)21(23)24/h2-9,11-12H,1H3,(H,20,22)/t12-/m0/s1. The van der Waals surface area contributed by atoms with Crippen LogP contribution in [0.3, 0.4) is 0 Å². The molecule has 1 amide bonds. The number of hydrogen-bond acceptors (Lipinski definition) is 6. The SMILES string of the molecule is C[C@H](Oc1ccc(C#N)cc1)C(=O)NN=Cc1ccccc1[N+](=O)[O-]. The molecular weight excluding hydrogens is 324 g/mol. The number of carbonyl (C=O) groups excluding carboxylic acids is 1. The molecule has 8 nitrogen and oxygen atoms in total. The van der Waals surface area contributed by atoms with Crippen LogP contribution in [0.4, 0.5) is 5.69 Å². The number of hydrazone groups is 1. The number of para-hydroxylation sites is 1.